The van der Waals surface area contributed by atoms with Crippen molar-refractivity contribution in [3.63, 3.8) is 0 Å². The summed E-state index contributed by atoms with van der Waals surface area (Å²) >= 11 is 2.65. The van der Waals surface area contributed by atoms with E-state index in [1.54, 1.807) is 35.3 Å². The number of fused-ring (bicyclic) bond motifs is 1. The molecule has 0 fully saturated rings. The van der Waals surface area contributed by atoms with E-state index in [0.29, 0.717) is 34.9 Å². The largest absolute Gasteiger partial charge is 0.337 e. The maximum absolute atomic E-state index is 14.2. The predicted octanol–water partition coefficient (Wildman–Crippen LogP) is 5.23. The van der Waals surface area contributed by atoms with Gasteiger partial charge in [-0.3, -0.25) is 9.69 Å². The van der Waals surface area contributed by atoms with Crippen LogP contribution < -0.4 is 4.90 Å². The molecule has 0 atom stereocenters. The van der Waals surface area contributed by atoms with E-state index in [1.165, 1.54) is 6.07 Å². The van der Waals surface area contributed by atoms with Gasteiger partial charge in [-0.25, -0.2) is 18.7 Å². The Hall–Kier alpha value is -2.78. The SMILES string of the molecule is CSc1cccc(C(=O)N(CCCn2ccnc2)c2nc3c(F)cc(F)cc3s2)c1. The van der Waals surface area contributed by atoms with E-state index >= 15 is 0 Å². The number of anilines is 1. The number of carbonyl (C=O) groups excluding carboxylic acids is 1. The lowest BCUT2D eigenvalue weighted by atomic mass is 10.2. The van der Waals surface area contributed by atoms with E-state index in [2.05, 4.69) is 9.97 Å². The van der Waals surface area contributed by atoms with E-state index in [-0.39, 0.29) is 11.4 Å². The standard InChI is InChI=1S/C21H18F2N4OS2/c1-29-16-5-2-4-14(10-16)20(28)27(8-3-7-26-9-6-24-13-26)21-25-19-17(23)11-15(22)12-18(19)30-21/h2,4-6,9-13H,3,7-8H2,1H3. The second kappa shape index (κ2) is 8.93. The van der Waals surface area contributed by atoms with Crippen LogP contribution in [-0.2, 0) is 6.54 Å². The van der Waals surface area contributed by atoms with Crippen molar-refractivity contribution >= 4 is 44.4 Å². The Kier molecular flexibility index (Phi) is 6.10. The summed E-state index contributed by atoms with van der Waals surface area (Å²) in [6, 6.07) is 9.37. The third-order valence-electron chi connectivity index (χ3n) is 4.55. The van der Waals surface area contributed by atoms with Gasteiger partial charge in [-0.1, -0.05) is 17.4 Å². The molecule has 0 saturated heterocycles. The first-order valence-electron chi connectivity index (χ1n) is 9.22. The smallest absolute Gasteiger partial charge is 0.260 e. The number of thiazole rings is 1. The summed E-state index contributed by atoms with van der Waals surface area (Å²) in [7, 11) is 0. The molecule has 4 rings (SSSR count). The molecular weight excluding hydrogens is 426 g/mol. The fourth-order valence-corrected chi connectivity index (χ4v) is 4.58. The van der Waals surface area contributed by atoms with Gasteiger partial charge in [0.15, 0.2) is 10.9 Å². The molecule has 0 spiro atoms. The highest BCUT2D eigenvalue weighted by atomic mass is 32.2. The fourth-order valence-electron chi connectivity index (χ4n) is 3.09. The van der Waals surface area contributed by atoms with Gasteiger partial charge in [0.1, 0.15) is 11.3 Å². The molecule has 5 nitrogen and oxygen atoms in total. The molecule has 0 N–H and O–H groups in total. The molecule has 0 aliphatic heterocycles. The maximum atomic E-state index is 14.2. The average molecular weight is 445 g/mol. The summed E-state index contributed by atoms with van der Waals surface area (Å²) in [6.45, 7) is 1.05. The number of hydrogen-bond acceptors (Lipinski definition) is 5. The Morgan fingerprint density at radius 3 is 2.90 bits per heavy atom. The minimum absolute atomic E-state index is 0.0710. The van der Waals surface area contributed by atoms with Crippen LogP contribution in [0.3, 0.4) is 0 Å². The first kappa shape index (κ1) is 20.5. The average Bonchev–Trinajstić information content (AvgIpc) is 3.40. The zero-order valence-electron chi connectivity index (χ0n) is 16.1. The quantitative estimate of drug-likeness (QED) is 0.366. The van der Waals surface area contributed by atoms with Crippen LogP contribution in [0.15, 0.2) is 60.0 Å². The molecule has 2 aromatic heterocycles. The van der Waals surface area contributed by atoms with Crippen LogP contribution in [0.5, 0.6) is 0 Å². The lowest BCUT2D eigenvalue weighted by Crippen LogP contribution is -2.32. The Morgan fingerprint density at radius 1 is 1.27 bits per heavy atom. The molecule has 2 heterocycles. The number of carbonyl (C=O) groups is 1. The fraction of sp³-hybridized carbons (Fsp3) is 0.190. The molecular formula is C21H18F2N4OS2. The van der Waals surface area contributed by atoms with E-state index < -0.39 is 11.6 Å². The summed E-state index contributed by atoms with van der Waals surface area (Å²) in [5.74, 6) is -1.62. The topological polar surface area (TPSA) is 51.0 Å². The van der Waals surface area contributed by atoms with Crippen LogP contribution in [0.25, 0.3) is 10.2 Å². The van der Waals surface area contributed by atoms with Crippen molar-refractivity contribution in [1.82, 2.24) is 14.5 Å². The predicted molar refractivity (Wildman–Crippen MR) is 116 cm³/mol. The molecule has 0 saturated carbocycles. The summed E-state index contributed by atoms with van der Waals surface area (Å²) in [6.07, 6.45) is 7.85. The molecule has 30 heavy (non-hydrogen) atoms. The molecule has 1 amide bonds. The second-order valence-corrected chi connectivity index (χ2v) is 8.46. The molecule has 0 radical (unpaired) electrons. The van der Waals surface area contributed by atoms with Crippen LogP contribution in [0, 0.1) is 11.6 Å². The monoisotopic (exact) mass is 444 g/mol. The molecule has 0 aliphatic carbocycles. The number of aromatic nitrogens is 3. The zero-order valence-corrected chi connectivity index (χ0v) is 17.7. The van der Waals surface area contributed by atoms with Crippen LogP contribution in [-0.4, -0.2) is 33.2 Å². The van der Waals surface area contributed by atoms with E-state index in [9.17, 15) is 13.6 Å². The van der Waals surface area contributed by atoms with Gasteiger partial charge >= 0.3 is 0 Å². The van der Waals surface area contributed by atoms with Crippen molar-refractivity contribution in [3.05, 3.63) is 72.3 Å². The zero-order chi connectivity index (χ0) is 21.1. The van der Waals surface area contributed by atoms with Crippen molar-refractivity contribution in [2.24, 2.45) is 0 Å². The number of imidazole rings is 1. The van der Waals surface area contributed by atoms with Gasteiger partial charge in [0.2, 0.25) is 0 Å². The van der Waals surface area contributed by atoms with Crippen LogP contribution in [0.1, 0.15) is 16.8 Å². The van der Waals surface area contributed by atoms with Crippen LogP contribution >= 0.6 is 23.1 Å². The summed E-state index contributed by atoms with van der Waals surface area (Å²) < 4.78 is 30.1. The summed E-state index contributed by atoms with van der Waals surface area (Å²) in [5, 5.41) is 0.347. The molecule has 0 aliphatic rings. The van der Waals surface area contributed by atoms with Crippen molar-refractivity contribution in [1.29, 1.82) is 0 Å². The Labute approximate surface area is 180 Å². The minimum atomic E-state index is -0.734. The normalized spacial score (nSPS) is 11.2. The van der Waals surface area contributed by atoms with Gasteiger partial charge in [0, 0.05) is 42.0 Å². The highest BCUT2D eigenvalue weighted by Gasteiger charge is 2.22. The van der Waals surface area contributed by atoms with E-state index in [1.807, 2.05) is 35.2 Å². The number of rotatable bonds is 7. The number of thioether (sulfide) groups is 1. The summed E-state index contributed by atoms with van der Waals surface area (Å²) in [5.41, 5.74) is 0.595. The Morgan fingerprint density at radius 2 is 2.13 bits per heavy atom. The van der Waals surface area contributed by atoms with Gasteiger partial charge in [-0.15, -0.1) is 11.8 Å². The molecule has 9 heteroatoms. The number of benzene rings is 2. The molecule has 0 bridgehead atoms. The first-order chi connectivity index (χ1) is 14.5. The van der Waals surface area contributed by atoms with Gasteiger partial charge < -0.3 is 4.57 Å². The van der Waals surface area contributed by atoms with Crippen molar-refractivity contribution in [3.8, 4) is 0 Å². The number of aryl methyl sites for hydroxylation is 1. The van der Waals surface area contributed by atoms with Gasteiger partial charge in [-0.2, -0.15) is 0 Å². The van der Waals surface area contributed by atoms with E-state index in [0.717, 1.165) is 22.3 Å². The highest BCUT2D eigenvalue weighted by Crippen LogP contribution is 2.32. The number of halogens is 2. The van der Waals surface area contributed by atoms with Gasteiger partial charge in [0.25, 0.3) is 5.91 Å². The maximum Gasteiger partial charge on any atom is 0.260 e. The minimum Gasteiger partial charge on any atom is -0.337 e. The van der Waals surface area contributed by atoms with Gasteiger partial charge in [-0.05, 0) is 36.9 Å². The first-order valence-corrected chi connectivity index (χ1v) is 11.3. The summed E-state index contributed by atoms with van der Waals surface area (Å²) in [4.78, 5) is 24.2. The van der Waals surface area contributed by atoms with Gasteiger partial charge in [0.05, 0.1) is 11.0 Å². The molecule has 2 aromatic carbocycles. The lowest BCUT2D eigenvalue weighted by Gasteiger charge is -2.20. The highest BCUT2D eigenvalue weighted by molar-refractivity contribution is 7.98. The number of hydrogen-bond donors (Lipinski definition) is 0. The van der Waals surface area contributed by atoms with Crippen molar-refractivity contribution < 1.29 is 13.6 Å². The van der Waals surface area contributed by atoms with E-state index in [4.69, 9.17) is 0 Å². The Balaban J connectivity index is 1.67. The molecule has 154 valence electrons. The second-order valence-electron chi connectivity index (χ2n) is 6.57. The Bertz CT molecular complexity index is 1180. The number of nitrogens with zero attached hydrogens (tertiary/aromatic N) is 4. The van der Waals surface area contributed by atoms with Crippen molar-refractivity contribution in [2.45, 2.75) is 17.9 Å². The van der Waals surface area contributed by atoms with Crippen molar-refractivity contribution in [2.75, 3.05) is 17.7 Å². The third kappa shape index (κ3) is 4.36. The molecule has 0 unspecified atom stereocenters. The molecule has 4 aromatic rings. The third-order valence-corrected chi connectivity index (χ3v) is 6.30. The lowest BCUT2D eigenvalue weighted by molar-refractivity contribution is 0.0986. The van der Waals surface area contributed by atoms with Crippen LogP contribution in [0.2, 0.25) is 0 Å². The van der Waals surface area contributed by atoms with Crippen LogP contribution in [0.4, 0.5) is 13.9 Å². The number of amides is 1.